The van der Waals surface area contributed by atoms with Crippen LogP contribution in [0, 0.1) is 23.5 Å². The summed E-state index contributed by atoms with van der Waals surface area (Å²) >= 11 is 6.41. The average molecular weight is 782 g/mol. The highest BCUT2D eigenvalue weighted by atomic mass is 35.5. The van der Waals surface area contributed by atoms with E-state index in [4.69, 9.17) is 17.3 Å². The van der Waals surface area contributed by atoms with Gasteiger partial charge in [-0.3, -0.25) is 4.68 Å². The number of rotatable bonds is 10. The number of hydrogen-bond acceptors (Lipinski definition) is 9. The number of nitrogens with one attached hydrogen (secondary N) is 1. The van der Waals surface area contributed by atoms with Crippen LogP contribution in [0.15, 0.2) is 42.5 Å². The summed E-state index contributed by atoms with van der Waals surface area (Å²) in [6.45, 7) is 1.01. The molecule has 0 saturated heterocycles. The number of nitrogens with two attached hydrogens (primary N) is 1. The van der Waals surface area contributed by atoms with Crippen molar-refractivity contribution in [3.63, 3.8) is 0 Å². The second-order valence-electron chi connectivity index (χ2n) is 11.9. The summed E-state index contributed by atoms with van der Waals surface area (Å²) in [6.07, 6.45) is -3.56. The van der Waals surface area contributed by atoms with Crippen LogP contribution in [0.3, 0.4) is 0 Å². The number of fused-ring (bicyclic) bond motifs is 1. The van der Waals surface area contributed by atoms with Crippen LogP contribution in [0.4, 0.5) is 22.0 Å². The lowest BCUT2D eigenvalue weighted by Crippen LogP contribution is -2.30. The number of hydrogen-bond donors (Lipinski definition) is 2. The second kappa shape index (κ2) is 13.8. The van der Waals surface area contributed by atoms with Gasteiger partial charge in [0.1, 0.15) is 34.4 Å². The summed E-state index contributed by atoms with van der Waals surface area (Å²) in [5.41, 5.74) is 5.79. The Morgan fingerprint density at radius 2 is 1.56 bits per heavy atom. The Bertz CT molecular complexity index is 2370. The van der Waals surface area contributed by atoms with Crippen LogP contribution in [0.2, 0.25) is 5.02 Å². The Labute approximate surface area is 290 Å². The fourth-order valence-electron chi connectivity index (χ4n) is 4.84. The topological polar surface area (TPSA) is 171 Å². The fourth-order valence-corrected chi connectivity index (χ4v) is 7.98. The molecule has 0 aliphatic heterocycles. The van der Waals surface area contributed by atoms with E-state index in [2.05, 4.69) is 21.9 Å². The van der Waals surface area contributed by atoms with Crippen molar-refractivity contribution in [2.75, 3.05) is 12.5 Å². The van der Waals surface area contributed by atoms with E-state index in [0.29, 0.717) is 17.0 Å². The van der Waals surface area contributed by atoms with Gasteiger partial charge in [0, 0.05) is 28.8 Å². The highest BCUT2D eigenvalue weighted by Crippen LogP contribution is 2.39. The number of benzene rings is 2. The molecule has 270 valence electrons. The summed E-state index contributed by atoms with van der Waals surface area (Å²) in [7, 11) is -12.7. The lowest BCUT2D eigenvalue weighted by Gasteiger charge is -2.19. The zero-order valence-electron chi connectivity index (χ0n) is 26.6. The van der Waals surface area contributed by atoms with Gasteiger partial charge in [0.2, 0.25) is 20.0 Å². The van der Waals surface area contributed by atoms with Crippen molar-refractivity contribution < 1.29 is 47.2 Å². The van der Waals surface area contributed by atoms with Crippen molar-refractivity contribution in [1.82, 2.24) is 18.9 Å². The maximum atomic E-state index is 14.0. The molecule has 0 saturated carbocycles. The maximum absolute atomic E-state index is 14.0. The minimum Gasteiger partial charge on any atom is -0.322 e. The Morgan fingerprint density at radius 3 is 2.12 bits per heavy atom. The molecule has 4 aromatic rings. The van der Waals surface area contributed by atoms with Gasteiger partial charge in [-0.25, -0.2) is 39.0 Å². The zero-order valence-corrected chi connectivity index (χ0v) is 29.8. The molecule has 3 N–H and O–H groups in total. The molecule has 4 rings (SSSR count). The van der Waals surface area contributed by atoms with Gasteiger partial charge < -0.3 is 5.73 Å². The smallest absolute Gasteiger partial charge is 0.322 e. The first kappa shape index (κ1) is 39.1. The Balaban J connectivity index is 2.02. The molecule has 0 bridgehead atoms. The number of sulfone groups is 1. The van der Waals surface area contributed by atoms with Crippen LogP contribution in [0.25, 0.3) is 22.0 Å². The van der Waals surface area contributed by atoms with Gasteiger partial charge in [-0.05, 0) is 62.1 Å². The molecule has 50 heavy (non-hydrogen) atoms. The van der Waals surface area contributed by atoms with Gasteiger partial charge in [0.15, 0.2) is 9.84 Å². The van der Waals surface area contributed by atoms with Gasteiger partial charge >= 0.3 is 6.18 Å². The molecule has 0 radical (unpaired) electrons. The first-order valence-electron chi connectivity index (χ1n) is 14.2. The number of aromatic nitrogens is 3. The summed E-state index contributed by atoms with van der Waals surface area (Å²) in [5, 5.41) is 3.41. The van der Waals surface area contributed by atoms with Gasteiger partial charge in [-0.1, -0.05) is 23.6 Å². The highest BCUT2D eigenvalue weighted by molar-refractivity contribution is 8.04. The molecule has 0 amide bonds. The Hall–Kier alpha value is -3.67. The fraction of sp³-hybridized carbons (Fsp3) is 0.333. The van der Waals surface area contributed by atoms with Crippen molar-refractivity contribution in [3.8, 4) is 23.0 Å². The molecule has 0 fully saturated rings. The van der Waals surface area contributed by atoms with Gasteiger partial charge in [0.05, 0.1) is 34.2 Å². The molecule has 2 aromatic carbocycles. The standard InChI is InChI=1S/C30H29ClF5N5O6S3/c1-29(2,48(3,42)43)10-9-20-5-6-21(27(38-20)24(37)13-17-11-18(32)14-19(33)12-17)22-7-8-23(31)26-25(15-50(46,47)40-49(4,44)45)39-41(28(22)26)16-30(34,35)36/h5-8,11-12,14,24,40H,13,15-16,37H2,1-4H3. The van der Waals surface area contributed by atoms with Crippen molar-refractivity contribution in [1.29, 1.82) is 0 Å². The highest BCUT2D eigenvalue weighted by Gasteiger charge is 2.33. The first-order chi connectivity index (χ1) is 22.8. The van der Waals surface area contributed by atoms with Crippen molar-refractivity contribution >= 4 is 52.4 Å². The Morgan fingerprint density at radius 1 is 0.960 bits per heavy atom. The van der Waals surface area contributed by atoms with Crippen LogP contribution in [0.1, 0.15) is 42.5 Å². The minimum absolute atomic E-state index is 0.00557. The van der Waals surface area contributed by atoms with E-state index in [0.717, 1.165) is 18.4 Å². The van der Waals surface area contributed by atoms with E-state index in [-0.39, 0.29) is 50.4 Å². The molecule has 2 aromatic heterocycles. The van der Waals surface area contributed by atoms with Crippen molar-refractivity contribution in [2.45, 2.75) is 49.5 Å². The predicted molar refractivity (Wildman–Crippen MR) is 177 cm³/mol. The van der Waals surface area contributed by atoms with Crippen molar-refractivity contribution in [2.24, 2.45) is 5.73 Å². The van der Waals surface area contributed by atoms with E-state index in [9.17, 15) is 47.2 Å². The largest absolute Gasteiger partial charge is 0.408 e. The summed E-state index contributed by atoms with van der Waals surface area (Å²) in [6, 6.07) is 6.77. The van der Waals surface area contributed by atoms with Crippen molar-refractivity contribution in [3.05, 3.63) is 81.8 Å². The molecule has 0 aliphatic carbocycles. The Kier molecular flexibility index (Phi) is 10.8. The minimum atomic E-state index is -4.88. The summed E-state index contributed by atoms with van der Waals surface area (Å²) < 4.78 is 143. The molecular formula is C30H29ClF5N5O6S3. The third kappa shape index (κ3) is 9.56. The zero-order chi connectivity index (χ0) is 37.6. The number of alkyl halides is 3. The lowest BCUT2D eigenvalue weighted by molar-refractivity contribution is -0.141. The average Bonchev–Trinajstić information content (AvgIpc) is 3.25. The second-order valence-corrected chi connectivity index (χ2v) is 18.6. The van der Waals surface area contributed by atoms with Gasteiger partial charge in [-0.15, -0.1) is 4.13 Å². The molecule has 11 nitrogen and oxygen atoms in total. The third-order valence-electron chi connectivity index (χ3n) is 7.21. The molecule has 2 heterocycles. The molecule has 1 atom stereocenters. The van der Waals surface area contributed by atoms with E-state index >= 15 is 0 Å². The van der Waals surface area contributed by atoms with E-state index in [1.165, 1.54) is 42.2 Å². The molecule has 20 heteroatoms. The first-order valence-corrected chi connectivity index (χ1v) is 20.0. The van der Waals surface area contributed by atoms with Crippen LogP contribution in [0.5, 0.6) is 0 Å². The molecule has 0 aliphatic rings. The molecule has 0 spiro atoms. The third-order valence-corrected chi connectivity index (χ3v) is 12.4. The van der Waals surface area contributed by atoms with E-state index in [1.807, 2.05) is 0 Å². The van der Waals surface area contributed by atoms with Crippen LogP contribution in [-0.4, -0.2) is 63.5 Å². The number of sulfonamides is 2. The van der Waals surface area contributed by atoms with Gasteiger partial charge in [-0.2, -0.15) is 18.3 Å². The van der Waals surface area contributed by atoms with E-state index in [1.54, 1.807) is 0 Å². The normalized spacial score (nSPS) is 13.7. The predicted octanol–water partition coefficient (Wildman–Crippen LogP) is 4.39. The molecular weight excluding hydrogens is 753 g/mol. The quantitative estimate of drug-likeness (QED) is 0.175. The van der Waals surface area contributed by atoms with Crippen LogP contribution < -0.4 is 9.86 Å². The lowest BCUT2D eigenvalue weighted by atomic mass is 9.94. The number of halogens is 6. The van der Waals surface area contributed by atoms with Crippen LogP contribution in [-0.2, 0) is 48.6 Å². The summed E-state index contributed by atoms with van der Waals surface area (Å²) in [4.78, 5) is 4.48. The van der Waals surface area contributed by atoms with Gasteiger partial charge in [0.25, 0.3) is 0 Å². The molecule has 1 unspecified atom stereocenters. The monoisotopic (exact) mass is 781 g/mol. The maximum Gasteiger partial charge on any atom is 0.408 e. The summed E-state index contributed by atoms with van der Waals surface area (Å²) in [5.74, 6) is 2.30. The van der Waals surface area contributed by atoms with E-state index < -0.39 is 76.5 Å². The number of pyridine rings is 1. The van der Waals surface area contributed by atoms with Crippen LogP contribution >= 0.6 is 11.6 Å². The number of nitrogens with zero attached hydrogens (tertiary/aromatic N) is 3. The SMILES string of the molecule is CC(C)(C#Cc1ccc(-c2ccc(Cl)c3c(CS(=O)(=O)NS(C)(=O)=O)nn(CC(F)(F)F)c23)c(C(N)Cc2cc(F)cc(F)c2)n1)S(C)(=O)=O.